The topological polar surface area (TPSA) is 101 Å². The molecule has 1 spiro atoms. The lowest BCUT2D eigenvalue weighted by atomic mass is 9.82. The maximum atomic E-state index is 16.1. The first-order chi connectivity index (χ1) is 19.6. The third-order valence-electron chi connectivity index (χ3n) is 8.99. The molecule has 2 amide bonds. The van der Waals surface area contributed by atoms with Crippen molar-refractivity contribution in [2.45, 2.75) is 88.8 Å². The van der Waals surface area contributed by atoms with Gasteiger partial charge in [0.2, 0.25) is 14.3 Å². The van der Waals surface area contributed by atoms with Gasteiger partial charge in [-0.15, -0.1) is 11.7 Å². The number of rotatable bonds is 9. The fraction of sp³-hybridized carbons (Fsp3) is 0.600. The van der Waals surface area contributed by atoms with Crippen LogP contribution in [0.4, 0.5) is 15.5 Å². The van der Waals surface area contributed by atoms with Gasteiger partial charge in [-0.3, -0.25) is 14.3 Å². The minimum absolute atomic E-state index is 0.0120. The second-order valence-corrected chi connectivity index (χ2v) is 15.9. The van der Waals surface area contributed by atoms with Gasteiger partial charge < -0.3 is 23.8 Å². The third-order valence-corrected chi connectivity index (χ3v) is 11.4. The largest absolute Gasteiger partial charge is 0.396 e. The van der Waals surface area contributed by atoms with Gasteiger partial charge in [0, 0.05) is 68.0 Å². The molecule has 0 bridgehead atoms. The number of aliphatic hydroxyl groups excluding tert-OH is 1. The van der Waals surface area contributed by atoms with Crippen LogP contribution in [-0.2, 0) is 32.9 Å². The monoisotopic (exact) mass is 583 g/mol. The van der Waals surface area contributed by atoms with Gasteiger partial charge in [0.05, 0.1) is 17.5 Å². The van der Waals surface area contributed by atoms with Gasteiger partial charge >= 0.3 is 0 Å². The zero-order valence-electron chi connectivity index (χ0n) is 24.4. The molecule has 0 unspecified atom stereocenters. The number of amides is 2. The number of anilines is 2. The Morgan fingerprint density at radius 3 is 2.76 bits per heavy atom. The zero-order chi connectivity index (χ0) is 29.4. The van der Waals surface area contributed by atoms with Gasteiger partial charge in [-0.1, -0.05) is 31.1 Å². The Morgan fingerprint density at radius 1 is 1.24 bits per heavy atom. The smallest absolute Gasteiger partial charge is 0.264 e. The molecular weight excluding hydrogens is 541 g/mol. The lowest BCUT2D eigenvalue weighted by Gasteiger charge is -2.31. The van der Waals surface area contributed by atoms with Gasteiger partial charge in [-0.05, 0) is 50.6 Å². The van der Waals surface area contributed by atoms with E-state index in [9.17, 15) is 14.7 Å². The molecule has 5 rings (SSSR count). The Kier molecular flexibility index (Phi) is 8.50. The Morgan fingerprint density at radius 2 is 2.02 bits per heavy atom. The summed E-state index contributed by atoms with van der Waals surface area (Å²) in [6.07, 6.45) is 8.30. The molecule has 1 N–H and O–H groups in total. The van der Waals surface area contributed by atoms with Crippen molar-refractivity contribution in [2.24, 2.45) is 5.92 Å². The first kappa shape index (κ1) is 29.6. The minimum Gasteiger partial charge on any atom is -0.396 e. The lowest BCUT2D eigenvalue weighted by Crippen LogP contribution is -2.45. The quantitative estimate of drug-likeness (QED) is 0.265. The van der Waals surface area contributed by atoms with Crippen LogP contribution < -0.4 is 9.80 Å². The molecule has 4 atom stereocenters. The van der Waals surface area contributed by atoms with Gasteiger partial charge in [-0.2, -0.15) is 0 Å². The average Bonchev–Trinajstić information content (AvgIpc) is 3.56. The van der Waals surface area contributed by atoms with Gasteiger partial charge in [0.1, 0.15) is 0 Å². The third kappa shape index (κ3) is 5.39. The fourth-order valence-electron chi connectivity index (χ4n) is 7.15. The number of hydrogen-bond acceptors (Lipinski definition) is 6. The maximum absolute atomic E-state index is 16.1. The van der Waals surface area contributed by atoms with E-state index in [1.54, 1.807) is 34.9 Å². The molecule has 0 aliphatic carbocycles. The molecule has 0 radical (unpaired) electrons. The number of fused-ring (bicyclic) bond motifs is 2. The highest BCUT2D eigenvalue weighted by molar-refractivity contribution is 6.72. The highest BCUT2D eigenvalue weighted by Crippen LogP contribution is 2.60. The number of hydrogen-bond donors (Lipinski definition) is 1. The summed E-state index contributed by atoms with van der Waals surface area (Å²) in [5, 5.41) is 17.5. The molecule has 1 aromatic carbocycles. The van der Waals surface area contributed by atoms with E-state index in [4.69, 9.17) is 4.74 Å². The van der Waals surface area contributed by atoms with E-state index in [-0.39, 0.29) is 18.4 Å². The molecule has 11 heteroatoms. The van der Waals surface area contributed by atoms with Crippen LogP contribution >= 0.6 is 0 Å². The molecule has 0 saturated carbocycles. The Balaban J connectivity index is 1.53. The van der Waals surface area contributed by atoms with Crippen molar-refractivity contribution in [3.05, 3.63) is 48.3 Å². The van der Waals surface area contributed by atoms with Crippen molar-refractivity contribution < 1.29 is 23.5 Å². The predicted octanol–water partition coefficient (Wildman–Crippen LogP) is 4.51. The number of halogens is 1. The molecule has 9 nitrogen and oxygen atoms in total. The summed E-state index contributed by atoms with van der Waals surface area (Å²) in [7, 11) is -3.31. The number of aryl methyl sites for hydroxylation is 1. The number of carbonyl (C=O) groups excluding carboxylic acids is 2. The zero-order valence-corrected chi connectivity index (χ0v) is 25.4. The number of benzene rings is 1. The van der Waals surface area contributed by atoms with Crippen molar-refractivity contribution in [1.29, 1.82) is 0 Å². The SMILES string of the molecule is C=CCN1C(=O)[C@]2(O[C@H](CCn3cc(CCO)nn3)[C@@H]([Si](C)(C)F)[C@@H]2C)c2cc(N3CCCCCCC3=O)ccc21. The summed E-state index contributed by atoms with van der Waals surface area (Å²) >= 11 is 0. The second-order valence-electron chi connectivity index (χ2n) is 12.1. The number of aliphatic hydroxyl groups is 1. The summed E-state index contributed by atoms with van der Waals surface area (Å²) in [6, 6.07) is 5.76. The summed E-state index contributed by atoms with van der Waals surface area (Å²) in [6.45, 7) is 10.6. The lowest BCUT2D eigenvalue weighted by molar-refractivity contribution is -0.145. The van der Waals surface area contributed by atoms with E-state index in [1.165, 1.54) is 0 Å². The van der Waals surface area contributed by atoms with Crippen LogP contribution in [0.1, 0.15) is 56.7 Å². The van der Waals surface area contributed by atoms with Crippen LogP contribution in [0, 0.1) is 5.92 Å². The number of ether oxygens (including phenoxy) is 1. The predicted molar refractivity (Wildman–Crippen MR) is 158 cm³/mol. The van der Waals surface area contributed by atoms with Crippen LogP contribution in [0.15, 0.2) is 37.1 Å². The van der Waals surface area contributed by atoms with Crippen LogP contribution in [0.2, 0.25) is 18.6 Å². The van der Waals surface area contributed by atoms with Crippen molar-refractivity contribution in [1.82, 2.24) is 15.0 Å². The van der Waals surface area contributed by atoms with E-state index < -0.39 is 31.6 Å². The Labute approximate surface area is 242 Å². The average molecular weight is 584 g/mol. The van der Waals surface area contributed by atoms with Crippen molar-refractivity contribution in [2.75, 3.05) is 29.5 Å². The van der Waals surface area contributed by atoms with Crippen LogP contribution in [-0.4, -0.2) is 66.1 Å². The number of aromatic nitrogens is 3. The highest BCUT2D eigenvalue weighted by Gasteiger charge is 2.66. The van der Waals surface area contributed by atoms with Crippen LogP contribution in [0.3, 0.4) is 0 Å². The molecule has 3 aliphatic heterocycles. The first-order valence-corrected chi connectivity index (χ1v) is 17.8. The standard InChI is InChI=1S/C30H42FN5O4Si/c1-5-15-36-25-12-11-23(35-16-9-7-6-8-10-27(35)38)19-24(25)30(29(36)39)21(2)28(41(3,4)31)26(40-30)13-17-34-20-22(14-18-37)32-33-34/h5,11-12,19-21,26,28,37H,1,6-10,13-18H2,2-4H3/t21-,26+,28-,30+/m0/s1. The molecule has 2 fully saturated rings. The molecule has 3 aliphatic rings. The van der Waals surface area contributed by atoms with E-state index in [2.05, 4.69) is 16.9 Å². The molecule has 41 heavy (non-hydrogen) atoms. The van der Waals surface area contributed by atoms with Gasteiger partial charge in [0.15, 0.2) is 5.60 Å². The van der Waals surface area contributed by atoms with E-state index >= 15 is 4.11 Å². The van der Waals surface area contributed by atoms with Crippen LogP contribution in [0.25, 0.3) is 0 Å². The van der Waals surface area contributed by atoms with E-state index in [1.807, 2.05) is 30.0 Å². The second kappa shape index (κ2) is 11.8. The maximum Gasteiger partial charge on any atom is 0.264 e. The summed E-state index contributed by atoms with van der Waals surface area (Å²) < 4.78 is 24.6. The van der Waals surface area contributed by atoms with Crippen molar-refractivity contribution in [3.63, 3.8) is 0 Å². The minimum atomic E-state index is -3.31. The fourth-order valence-corrected chi connectivity index (χ4v) is 9.69. The van der Waals surface area contributed by atoms with Gasteiger partial charge in [0.25, 0.3) is 5.91 Å². The Bertz CT molecular complexity index is 1300. The molecule has 2 saturated heterocycles. The summed E-state index contributed by atoms with van der Waals surface area (Å²) in [5.74, 6) is -0.528. The summed E-state index contributed by atoms with van der Waals surface area (Å²) in [4.78, 5) is 30.9. The Hall–Kier alpha value is -2.89. The molecule has 4 heterocycles. The number of carbonyl (C=O) groups is 2. The van der Waals surface area contributed by atoms with Gasteiger partial charge in [-0.25, -0.2) is 0 Å². The van der Waals surface area contributed by atoms with Crippen LogP contribution in [0.5, 0.6) is 0 Å². The van der Waals surface area contributed by atoms with Crippen molar-refractivity contribution >= 4 is 31.6 Å². The number of nitrogens with zero attached hydrogens (tertiary/aromatic N) is 5. The van der Waals surface area contributed by atoms with E-state index in [0.717, 1.165) is 37.1 Å². The normalized spacial score (nSPS) is 26.9. The molecule has 222 valence electrons. The first-order valence-electron chi connectivity index (χ1n) is 14.9. The summed E-state index contributed by atoms with van der Waals surface area (Å²) in [5.41, 5.74) is 1.10. The molecular formula is C30H42FN5O4Si. The van der Waals surface area contributed by atoms with Crippen molar-refractivity contribution in [3.8, 4) is 0 Å². The highest BCUT2D eigenvalue weighted by atomic mass is 28.4. The molecule has 2 aromatic rings. The molecule has 1 aromatic heterocycles. The van der Waals surface area contributed by atoms with E-state index in [0.29, 0.717) is 50.2 Å².